The molecule has 19 heavy (non-hydrogen) atoms. The zero-order valence-corrected chi connectivity index (χ0v) is 11.4. The van der Waals surface area contributed by atoms with E-state index >= 15 is 0 Å². The zero-order valence-electron chi connectivity index (χ0n) is 11.4. The monoisotopic (exact) mass is 269 g/mol. The average molecular weight is 269 g/mol. The molecule has 1 aromatic carbocycles. The highest BCUT2D eigenvalue weighted by molar-refractivity contribution is 5.80. The van der Waals surface area contributed by atoms with Crippen LogP contribution in [0.4, 0.5) is 4.39 Å². The lowest BCUT2D eigenvalue weighted by molar-refractivity contribution is -0.127. The highest BCUT2D eigenvalue weighted by Gasteiger charge is 2.17. The Labute approximate surface area is 112 Å². The SMILES string of the molecule is CCC(C)NC(=O)C(C)Oc1ccc(CO)cc1F. The molecule has 1 rings (SSSR count). The fourth-order valence-corrected chi connectivity index (χ4v) is 1.44. The molecule has 2 unspecified atom stereocenters. The molecule has 0 radical (unpaired) electrons. The van der Waals surface area contributed by atoms with Crippen LogP contribution in [-0.4, -0.2) is 23.2 Å². The van der Waals surface area contributed by atoms with Gasteiger partial charge in [0.05, 0.1) is 6.61 Å². The molecule has 2 N–H and O–H groups in total. The van der Waals surface area contributed by atoms with Crippen LogP contribution in [0.1, 0.15) is 32.8 Å². The third-order valence-corrected chi connectivity index (χ3v) is 2.85. The van der Waals surface area contributed by atoms with Gasteiger partial charge < -0.3 is 15.2 Å². The van der Waals surface area contributed by atoms with Crippen LogP contribution in [0.25, 0.3) is 0 Å². The van der Waals surface area contributed by atoms with Gasteiger partial charge in [0.1, 0.15) is 0 Å². The summed E-state index contributed by atoms with van der Waals surface area (Å²) in [7, 11) is 0. The number of hydrogen-bond donors (Lipinski definition) is 2. The molecule has 0 saturated carbocycles. The summed E-state index contributed by atoms with van der Waals surface area (Å²) in [5, 5.41) is 11.6. The number of aliphatic hydroxyl groups excluding tert-OH is 1. The third-order valence-electron chi connectivity index (χ3n) is 2.85. The Morgan fingerprint density at radius 1 is 1.47 bits per heavy atom. The summed E-state index contributed by atoms with van der Waals surface area (Å²) < 4.78 is 18.9. The molecule has 4 nitrogen and oxygen atoms in total. The lowest BCUT2D eigenvalue weighted by atomic mass is 10.2. The van der Waals surface area contributed by atoms with E-state index in [4.69, 9.17) is 9.84 Å². The summed E-state index contributed by atoms with van der Waals surface area (Å²) in [6, 6.07) is 4.21. The average Bonchev–Trinajstić information content (AvgIpc) is 2.40. The Morgan fingerprint density at radius 2 is 2.16 bits per heavy atom. The fraction of sp³-hybridized carbons (Fsp3) is 0.500. The number of halogens is 1. The van der Waals surface area contributed by atoms with Crippen molar-refractivity contribution in [2.45, 2.75) is 45.9 Å². The maximum atomic E-state index is 13.6. The summed E-state index contributed by atoms with van der Waals surface area (Å²) in [6.07, 6.45) is 0.0429. The van der Waals surface area contributed by atoms with Crippen molar-refractivity contribution >= 4 is 5.91 Å². The van der Waals surface area contributed by atoms with Gasteiger partial charge >= 0.3 is 0 Å². The van der Waals surface area contributed by atoms with Gasteiger partial charge in [-0.3, -0.25) is 4.79 Å². The first-order valence-corrected chi connectivity index (χ1v) is 6.34. The van der Waals surface area contributed by atoms with Crippen LogP contribution in [0.3, 0.4) is 0 Å². The van der Waals surface area contributed by atoms with Gasteiger partial charge in [0, 0.05) is 6.04 Å². The van der Waals surface area contributed by atoms with Crippen LogP contribution in [0.2, 0.25) is 0 Å². The number of carbonyl (C=O) groups excluding carboxylic acids is 1. The van der Waals surface area contributed by atoms with Crippen molar-refractivity contribution in [1.29, 1.82) is 0 Å². The van der Waals surface area contributed by atoms with Crippen molar-refractivity contribution < 1.29 is 19.0 Å². The first kappa shape index (κ1) is 15.4. The summed E-state index contributed by atoms with van der Waals surface area (Å²) in [6.45, 7) is 5.18. The second kappa shape index (κ2) is 7.09. The van der Waals surface area contributed by atoms with Crippen molar-refractivity contribution in [3.63, 3.8) is 0 Å². The van der Waals surface area contributed by atoms with E-state index in [9.17, 15) is 9.18 Å². The highest BCUT2D eigenvalue weighted by atomic mass is 19.1. The van der Waals surface area contributed by atoms with Gasteiger partial charge in [-0.05, 0) is 38.0 Å². The molecule has 0 fully saturated rings. The van der Waals surface area contributed by atoms with Crippen molar-refractivity contribution in [3.8, 4) is 5.75 Å². The van der Waals surface area contributed by atoms with E-state index in [-0.39, 0.29) is 24.3 Å². The molecule has 0 aromatic heterocycles. The number of carbonyl (C=O) groups is 1. The number of amides is 1. The molecule has 1 aromatic rings. The minimum atomic E-state index is -0.775. The number of hydrogen-bond acceptors (Lipinski definition) is 3. The van der Waals surface area contributed by atoms with Gasteiger partial charge in [-0.15, -0.1) is 0 Å². The van der Waals surface area contributed by atoms with E-state index in [1.54, 1.807) is 13.0 Å². The van der Waals surface area contributed by atoms with Crippen LogP contribution in [-0.2, 0) is 11.4 Å². The molecule has 0 heterocycles. The number of aliphatic hydroxyl groups is 1. The minimum Gasteiger partial charge on any atom is -0.478 e. The second-order valence-corrected chi connectivity index (χ2v) is 4.50. The molecule has 0 saturated heterocycles. The van der Waals surface area contributed by atoms with Crippen LogP contribution in [0, 0.1) is 5.82 Å². The van der Waals surface area contributed by atoms with Crippen LogP contribution < -0.4 is 10.1 Å². The molecular weight excluding hydrogens is 249 g/mol. The van der Waals surface area contributed by atoms with Crippen LogP contribution >= 0.6 is 0 Å². The van der Waals surface area contributed by atoms with E-state index in [2.05, 4.69) is 5.32 Å². The minimum absolute atomic E-state index is 0.00371. The number of nitrogens with one attached hydrogen (secondary N) is 1. The predicted molar refractivity (Wildman–Crippen MR) is 70.3 cm³/mol. The normalized spacial score (nSPS) is 13.7. The topological polar surface area (TPSA) is 58.6 Å². The Morgan fingerprint density at radius 3 is 2.68 bits per heavy atom. The molecule has 2 atom stereocenters. The van der Waals surface area contributed by atoms with E-state index in [0.717, 1.165) is 6.42 Å². The highest BCUT2D eigenvalue weighted by Crippen LogP contribution is 2.19. The maximum Gasteiger partial charge on any atom is 0.260 e. The number of benzene rings is 1. The lowest BCUT2D eigenvalue weighted by Gasteiger charge is -2.18. The van der Waals surface area contributed by atoms with Gasteiger partial charge in [0.15, 0.2) is 17.7 Å². The quantitative estimate of drug-likeness (QED) is 0.830. The fourth-order valence-electron chi connectivity index (χ4n) is 1.44. The second-order valence-electron chi connectivity index (χ2n) is 4.50. The summed E-state index contributed by atoms with van der Waals surface area (Å²) >= 11 is 0. The Balaban J connectivity index is 2.66. The molecule has 0 aliphatic rings. The first-order chi connectivity index (χ1) is 8.97. The molecule has 0 aliphatic carbocycles. The van der Waals surface area contributed by atoms with E-state index in [1.165, 1.54) is 12.1 Å². The van der Waals surface area contributed by atoms with E-state index in [1.807, 2.05) is 13.8 Å². The van der Waals surface area contributed by atoms with Crippen molar-refractivity contribution in [3.05, 3.63) is 29.6 Å². The standard InChI is InChI=1S/C14H20FNO3/c1-4-9(2)16-14(18)10(3)19-13-6-5-11(8-17)7-12(13)15/h5-7,9-10,17H,4,8H2,1-3H3,(H,16,18). The van der Waals surface area contributed by atoms with E-state index < -0.39 is 11.9 Å². The molecular formula is C14H20FNO3. The third kappa shape index (κ3) is 4.52. The molecule has 1 amide bonds. The molecule has 0 spiro atoms. The summed E-state index contributed by atoms with van der Waals surface area (Å²) in [5.74, 6) is -0.862. The van der Waals surface area contributed by atoms with Gasteiger partial charge in [-0.1, -0.05) is 13.0 Å². The first-order valence-electron chi connectivity index (χ1n) is 6.34. The van der Waals surface area contributed by atoms with Crippen LogP contribution in [0.5, 0.6) is 5.75 Å². The van der Waals surface area contributed by atoms with Crippen molar-refractivity contribution in [2.24, 2.45) is 0 Å². The number of ether oxygens (including phenoxy) is 1. The van der Waals surface area contributed by atoms with Crippen molar-refractivity contribution in [2.75, 3.05) is 0 Å². The summed E-state index contributed by atoms with van der Waals surface area (Å²) in [4.78, 5) is 11.8. The number of rotatable bonds is 6. The molecule has 0 bridgehead atoms. The zero-order chi connectivity index (χ0) is 14.4. The molecule has 106 valence electrons. The largest absolute Gasteiger partial charge is 0.478 e. The summed E-state index contributed by atoms with van der Waals surface area (Å²) in [5.41, 5.74) is 0.460. The van der Waals surface area contributed by atoms with Gasteiger partial charge in [-0.2, -0.15) is 0 Å². The van der Waals surface area contributed by atoms with Crippen LogP contribution in [0.15, 0.2) is 18.2 Å². The molecule has 0 aliphatic heterocycles. The smallest absolute Gasteiger partial charge is 0.260 e. The Kier molecular flexibility index (Phi) is 5.76. The van der Waals surface area contributed by atoms with Gasteiger partial charge in [0.2, 0.25) is 0 Å². The van der Waals surface area contributed by atoms with Crippen molar-refractivity contribution in [1.82, 2.24) is 5.32 Å². The van der Waals surface area contributed by atoms with Gasteiger partial charge in [-0.25, -0.2) is 4.39 Å². The Hall–Kier alpha value is -1.62. The maximum absolute atomic E-state index is 13.6. The Bertz CT molecular complexity index is 437. The van der Waals surface area contributed by atoms with E-state index in [0.29, 0.717) is 5.56 Å². The van der Waals surface area contributed by atoms with Gasteiger partial charge in [0.25, 0.3) is 5.91 Å². The predicted octanol–water partition coefficient (Wildman–Crippen LogP) is 2.00. The molecule has 5 heteroatoms. The lowest BCUT2D eigenvalue weighted by Crippen LogP contribution is -2.41.